The van der Waals surface area contributed by atoms with Gasteiger partial charge in [0, 0.05) is 5.56 Å². The second kappa shape index (κ2) is 10.1. The predicted octanol–water partition coefficient (Wildman–Crippen LogP) is 3.97. The van der Waals surface area contributed by atoms with Gasteiger partial charge in [-0.05, 0) is 54.5 Å². The highest BCUT2D eigenvalue weighted by Crippen LogP contribution is 2.32. The number of fused-ring (bicyclic) bond motifs is 2. The van der Waals surface area contributed by atoms with Crippen LogP contribution in [0.3, 0.4) is 0 Å². The first-order valence-corrected chi connectivity index (χ1v) is 12.7. The van der Waals surface area contributed by atoms with Gasteiger partial charge < -0.3 is 14.2 Å². The van der Waals surface area contributed by atoms with Crippen molar-refractivity contribution in [2.24, 2.45) is 4.99 Å². The summed E-state index contributed by atoms with van der Waals surface area (Å²) in [6.45, 7) is 3.74. The molecule has 5 rings (SSSR count). The Kier molecular flexibility index (Phi) is 6.67. The van der Waals surface area contributed by atoms with Crippen LogP contribution in [0.2, 0.25) is 0 Å². The number of nitrogens with zero attached hydrogens (tertiary/aromatic N) is 2. The average Bonchev–Trinajstić information content (AvgIpc) is 3.22. The van der Waals surface area contributed by atoms with Crippen molar-refractivity contribution in [1.29, 1.82) is 0 Å². The normalized spacial score (nSPS) is 15.4. The SMILES string of the molecule is CCOC(=O)C1=C(C)N=c2sc(=Cc3c(OC)ccc4ccccc34)c(=O)n2[C@@H]1c1ccc(OC)cc1. The molecule has 4 aromatic rings. The summed E-state index contributed by atoms with van der Waals surface area (Å²) in [6.07, 6.45) is 1.85. The molecule has 0 radical (unpaired) electrons. The summed E-state index contributed by atoms with van der Waals surface area (Å²) < 4.78 is 18.4. The van der Waals surface area contributed by atoms with Gasteiger partial charge in [0.25, 0.3) is 5.56 Å². The van der Waals surface area contributed by atoms with Crippen molar-refractivity contribution < 1.29 is 19.0 Å². The standard InChI is InChI=1S/C29H26N2O5S/c1-5-36-28(33)25-17(2)30-29-31(26(25)19-10-13-20(34-3)14-11-19)27(32)24(37-29)16-22-21-9-7-6-8-18(21)12-15-23(22)35-4/h6-16,26H,5H2,1-4H3/t26-/m1/s1. The predicted molar refractivity (Wildman–Crippen MR) is 144 cm³/mol. The minimum Gasteiger partial charge on any atom is -0.497 e. The van der Waals surface area contributed by atoms with Gasteiger partial charge in [0.05, 0.1) is 42.7 Å². The quantitative estimate of drug-likeness (QED) is 0.364. The average molecular weight is 515 g/mol. The number of hydrogen-bond donors (Lipinski definition) is 0. The Morgan fingerprint density at radius 2 is 1.81 bits per heavy atom. The van der Waals surface area contributed by atoms with Crippen LogP contribution in [0.1, 0.15) is 31.0 Å². The third-order valence-electron chi connectivity index (χ3n) is 6.37. The maximum atomic E-state index is 13.9. The minimum absolute atomic E-state index is 0.218. The van der Waals surface area contributed by atoms with Crippen LogP contribution in [0.15, 0.2) is 81.7 Å². The van der Waals surface area contributed by atoms with Crippen molar-refractivity contribution in [3.05, 3.63) is 103 Å². The summed E-state index contributed by atoms with van der Waals surface area (Å²) in [5.74, 6) is 0.854. The molecular weight excluding hydrogens is 488 g/mol. The molecule has 1 aliphatic heterocycles. The zero-order valence-corrected chi connectivity index (χ0v) is 21.8. The summed E-state index contributed by atoms with van der Waals surface area (Å²) in [4.78, 5) is 32.2. The number of aromatic nitrogens is 1. The fourth-order valence-corrected chi connectivity index (χ4v) is 5.66. The van der Waals surface area contributed by atoms with Crippen LogP contribution >= 0.6 is 11.3 Å². The molecule has 0 saturated heterocycles. The lowest BCUT2D eigenvalue weighted by Crippen LogP contribution is -2.39. The first kappa shape index (κ1) is 24.5. The van der Waals surface area contributed by atoms with E-state index in [-0.39, 0.29) is 12.2 Å². The Morgan fingerprint density at radius 1 is 1.05 bits per heavy atom. The van der Waals surface area contributed by atoms with E-state index in [4.69, 9.17) is 14.2 Å². The lowest BCUT2D eigenvalue weighted by atomic mass is 9.96. The fraction of sp³-hybridized carbons (Fsp3) is 0.207. The minimum atomic E-state index is -0.683. The first-order valence-electron chi connectivity index (χ1n) is 11.9. The van der Waals surface area contributed by atoms with E-state index >= 15 is 0 Å². The number of ether oxygens (including phenoxy) is 3. The van der Waals surface area contributed by atoms with Gasteiger partial charge in [0.15, 0.2) is 4.80 Å². The molecule has 37 heavy (non-hydrogen) atoms. The van der Waals surface area contributed by atoms with Crippen LogP contribution in [0.4, 0.5) is 0 Å². The fourth-order valence-electron chi connectivity index (χ4n) is 4.63. The molecule has 1 atom stereocenters. The summed E-state index contributed by atoms with van der Waals surface area (Å²) in [7, 11) is 3.20. The number of hydrogen-bond acceptors (Lipinski definition) is 7. The third kappa shape index (κ3) is 4.34. The van der Waals surface area contributed by atoms with Gasteiger partial charge in [-0.15, -0.1) is 0 Å². The summed E-state index contributed by atoms with van der Waals surface area (Å²) >= 11 is 1.28. The third-order valence-corrected chi connectivity index (χ3v) is 7.36. The molecule has 0 unspecified atom stereocenters. The topological polar surface area (TPSA) is 79.1 Å². The summed E-state index contributed by atoms with van der Waals surface area (Å²) in [6, 6.07) is 18.5. The first-order chi connectivity index (χ1) is 18.0. The molecule has 7 nitrogen and oxygen atoms in total. The van der Waals surface area contributed by atoms with E-state index in [0.29, 0.717) is 32.1 Å². The molecule has 0 bridgehead atoms. The van der Waals surface area contributed by atoms with E-state index in [9.17, 15) is 9.59 Å². The Bertz CT molecular complexity index is 1710. The van der Waals surface area contributed by atoms with Crippen LogP contribution in [-0.4, -0.2) is 31.4 Å². The number of allylic oxidation sites excluding steroid dienone is 1. The number of rotatable bonds is 6. The second-order valence-corrected chi connectivity index (χ2v) is 9.49. The van der Waals surface area contributed by atoms with Gasteiger partial charge in [0.2, 0.25) is 0 Å². The molecule has 1 aliphatic rings. The van der Waals surface area contributed by atoms with Crippen molar-refractivity contribution in [3.8, 4) is 11.5 Å². The van der Waals surface area contributed by atoms with E-state index in [2.05, 4.69) is 4.99 Å². The molecule has 1 aromatic heterocycles. The van der Waals surface area contributed by atoms with E-state index < -0.39 is 12.0 Å². The van der Waals surface area contributed by atoms with Crippen molar-refractivity contribution in [2.75, 3.05) is 20.8 Å². The number of benzene rings is 3. The molecule has 188 valence electrons. The van der Waals surface area contributed by atoms with Gasteiger partial charge in [-0.2, -0.15) is 0 Å². The zero-order valence-electron chi connectivity index (χ0n) is 21.0. The maximum absolute atomic E-state index is 13.9. The maximum Gasteiger partial charge on any atom is 0.338 e. The lowest BCUT2D eigenvalue weighted by molar-refractivity contribution is -0.139. The van der Waals surface area contributed by atoms with E-state index in [1.165, 1.54) is 11.3 Å². The highest BCUT2D eigenvalue weighted by molar-refractivity contribution is 7.07. The number of thiazole rings is 1. The number of esters is 1. The highest BCUT2D eigenvalue weighted by Gasteiger charge is 2.33. The van der Waals surface area contributed by atoms with Crippen molar-refractivity contribution in [1.82, 2.24) is 4.57 Å². The number of carbonyl (C=O) groups is 1. The van der Waals surface area contributed by atoms with Crippen LogP contribution in [0, 0.1) is 0 Å². The van der Waals surface area contributed by atoms with Gasteiger partial charge in [-0.1, -0.05) is 53.8 Å². The Hall–Kier alpha value is -4.17. The van der Waals surface area contributed by atoms with Crippen molar-refractivity contribution in [3.63, 3.8) is 0 Å². The molecule has 2 heterocycles. The molecule has 0 N–H and O–H groups in total. The van der Waals surface area contributed by atoms with E-state index in [1.54, 1.807) is 32.6 Å². The molecule has 0 aliphatic carbocycles. The Balaban J connectivity index is 1.77. The van der Waals surface area contributed by atoms with Crippen LogP contribution in [0.25, 0.3) is 16.8 Å². The summed E-state index contributed by atoms with van der Waals surface area (Å²) in [5.41, 5.74) is 2.19. The highest BCUT2D eigenvalue weighted by atomic mass is 32.1. The van der Waals surface area contributed by atoms with Gasteiger partial charge in [-0.3, -0.25) is 9.36 Å². The molecule has 0 spiro atoms. The monoisotopic (exact) mass is 514 g/mol. The van der Waals surface area contributed by atoms with Crippen LogP contribution in [0.5, 0.6) is 11.5 Å². The van der Waals surface area contributed by atoms with E-state index in [1.807, 2.05) is 66.7 Å². The van der Waals surface area contributed by atoms with Crippen LogP contribution < -0.4 is 24.4 Å². The van der Waals surface area contributed by atoms with Crippen molar-refractivity contribution >= 4 is 34.2 Å². The molecular formula is C29H26N2O5S. The molecule has 0 fully saturated rings. The van der Waals surface area contributed by atoms with Gasteiger partial charge in [-0.25, -0.2) is 9.79 Å². The van der Waals surface area contributed by atoms with Crippen LogP contribution in [-0.2, 0) is 9.53 Å². The van der Waals surface area contributed by atoms with Gasteiger partial charge >= 0.3 is 5.97 Å². The molecule has 3 aromatic carbocycles. The zero-order chi connectivity index (χ0) is 26.1. The Labute approximate surface area is 217 Å². The Morgan fingerprint density at radius 3 is 2.51 bits per heavy atom. The second-order valence-electron chi connectivity index (χ2n) is 8.48. The molecule has 0 saturated carbocycles. The molecule has 8 heteroatoms. The lowest BCUT2D eigenvalue weighted by Gasteiger charge is -2.24. The van der Waals surface area contributed by atoms with E-state index in [0.717, 1.165) is 21.9 Å². The number of carbonyl (C=O) groups excluding carboxylic acids is 1. The summed E-state index contributed by atoms with van der Waals surface area (Å²) in [5, 5.41) is 2.02. The largest absolute Gasteiger partial charge is 0.497 e. The number of methoxy groups -OCH3 is 2. The van der Waals surface area contributed by atoms with Gasteiger partial charge in [0.1, 0.15) is 11.5 Å². The molecule has 0 amide bonds. The smallest absolute Gasteiger partial charge is 0.338 e. The van der Waals surface area contributed by atoms with Crippen molar-refractivity contribution in [2.45, 2.75) is 19.9 Å².